The molecule has 0 atom stereocenters. The Kier molecular flexibility index (Phi) is 5.19. The van der Waals surface area contributed by atoms with Crippen molar-refractivity contribution in [2.24, 2.45) is 5.10 Å². The number of hydrogen-bond acceptors (Lipinski definition) is 5. The van der Waals surface area contributed by atoms with E-state index < -0.39 is 11.7 Å². The summed E-state index contributed by atoms with van der Waals surface area (Å²) in [6.07, 6.45) is 0.717. The van der Waals surface area contributed by atoms with Crippen molar-refractivity contribution >= 4 is 52.2 Å². The summed E-state index contributed by atoms with van der Waals surface area (Å²) in [5, 5.41) is 14.4. The van der Waals surface area contributed by atoms with Crippen LogP contribution in [-0.2, 0) is 0 Å². The first-order valence-corrected chi connectivity index (χ1v) is 6.06. The van der Waals surface area contributed by atoms with Crippen LogP contribution in [-0.4, -0.2) is 16.7 Å². The molecule has 0 saturated carbocycles. The van der Waals surface area contributed by atoms with E-state index in [2.05, 4.69) is 15.5 Å². The third-order valence-corrected chi connectivity index (χ3v) is 3.21. The number of carboxylic acids is 1. The van der Waals surface area contributed by atoms with Crippen LogP contribution < -0.4 is 10.5 Å². The second kappa shape index (κ2) is 6.22. The Morgan fingerprint density at radius 1 is 1.39 bits per heavy atom. The number of anilines is 1. The van der Waals surface area contributed by atoms with Crippen LogP contribution in [0.25, 0.3) is 0 Å². The maximum absolute atomic E-state index is 10.8. The van der Waals surface area contributed by atoms with Gasteiger partial charge in [-0.15, -0.1) is 0 Å². The van der Waals surface area contributed by atoms with Gasteiger partial charge < -0.3 is 9.90 Å². The number of carboxylic acid groups (broad SMARTS) is 1. The number of hydrogen-bond donors (Lipinski definition) is 1. The molecule has 0 aliphatic heterocycles. The summed E-state index contributed by atoms with van der Waals surface area (Å²) in [5.41, 5.74) is 2.96. The Morgan fingerprint density at radius 2 is 2.00 bits per heavy atom. The summed E-state index contributed by atoms with van der Waals surface area (Å²) in [6, 6.07) is 0. The SMILES string of the molecule is CC/C(C)=N\Nc1c(Cl)c(Cl)nc(C(=O)[O-])c1Cl. The molecule has 0 spiro atoms. The molecule has 1 aromatic rings. The van der Waals surface area contributed by atoms with Crippen LogP contribution in [0, 0.1) is 0 Å². The summed E-state index contributed by atoms with van der Waals surface area (Å²) in [6.45, 7) is 3.70. The highest BCUT2D eigenvalue weighted by molar-refractivity contribution is 6.46. The fraction of sp³-hybridized carbons (Fsp3) is 0.300. The Labute approximate surface area is 119 Å². The van der Waals surface area contributed by atoms with Crippen molar-refractivity contribution in [3.63, 3.8) is 0 Å². The number of rotatable bonds is 4. The fourth-order valence-electron chi connectivity index (χ4n) is 0.978. The van der Waals surface area contributed by atoms with Crippen molar-refractivity contribution in [2.45, 2.75) is 20.3 Å². The number of halogens is 3. The quantitative estimate of drug-likeness (QED) is 0.527. The maximum atomic E-state index is 10.8. The molecule has 0 radical (unpaired) electrons. The van der Waals surface area contributed by atoms with E-state index in [1.807, 2.05) is 6.92 Å². The highest BCUT2D eigenvalue weighted by Gasteiger charge is 2.16. The fourth-order valence-corrected chi connectivity index (χ4v) is 1.64. The zero-order valence-corrected chi connectivity index (χ0v) is 11.8. The average molecular weight is 310 g/mol. The Balaban J connectivity index is 3.29. The molecular formula is C10H9Cl3N3O2-. The van der Waals surface area contributed by atoms with Crippen molar-refractivity contribution in [3.8, 4) is 0 Å². The number of aromatic carboxylic acids is 1. The number of pyridine rings is 1. The van der Waals surface area contributed by atoms with Gasteiger partial charge in [0.1, 0.15) is 10.7 Å². The lowest BCUT2D eigenvalue weighted by Gasteiger charge is -2.12. The van der Waals surface area contributed by atoms with Crippen LogP contribution in [0.15, 0.2) is 5.10 Å². The molecule has 8 heteroatoms. The first-order valence-electron chi connectivity index (χ1n) is 4.93. The van der Waals surface area contributed by atoms with Crippen LogP contribution in [0.1, 0.15) is 30.8 Å². The number of nitrogens with one attached hydrogen (secondary N) is 1. The minimum Gasteiger partial charge on any atom is -0.543 e. The summed E-state index contributed by atoms with van der Waals surface area (Å²) >= 11 is 17.4. The van der Waals surface area contributed by atoms with E-state index in [1.165, 1.54) is 0 Å². The van der Waals surface area contributed by atoms with Crippen LogP contribution in [0.4, 0.5) is 5.69 Å². The van der Waals surface area contributed by atoms with Crippen LogP contribution in [0.5, 0.6) is 0 Å². The standard InChI is InChI=1S/C10H10Cl3N3O2/c1-3-4(2)15-16-7-5(11)8(10(17)18)14-9(13)6(7)12/h3H2,1-2H3,(H,14,16)(H,17,18)/p-1/b15-4-. The molecule has 1 rings (SSSR count). The Hall–Kier alpha value is -1.04. The van der Waals surface area contributed by atoms with E-state index in [-0.39, 0.29) is 20.9 Å². The zero-order valence-electron chi connectivity index (χ0n) is 9.55. The third-order valence-electron chi connectivity index (χ3n) is 2.10. The second-order valence-electron chi connectivity index (χ2n) is 3.35. The molecule has 0 unspecified atom stereocenters. The van der Waals surface area contributed by atoms with Gasteiger partial charge in [0.15, 0.2) is 5.15 Å². The van der Waals surface area contributed by atoms with E-state index in [1.54, 1.807) is 6.92 Å². The third kappa shape index (κ3) is 3.25. The molecule has 1 heterocycles. The molecule has 18 heavy (non-hydrogen) atoms. The average Bonchev–Trinajstić information content (AvgIpc) is 2.32. The van der Waals surface area contributed by atoms with Gasteiger partial charge in [-0.2, -0.15) is 5.10 Å². The molecule has 0 bridgehead atoms. The predicted molar refractivity (Wildman–Crippen MR) is 70.6 cm³/mol. The molecule has 1 aromatic heterocycles. The minimum atomic E-state index is -1.54. The minimum absolute atomic E-state index is 0.000630. The largest absolute Gasteiger partial charge is 0.543 e. The maximum Gasteiger partial charge on any atom is 0.150 e. The number of carbonyl (C=O) groups is 1. The van der Waals surface area contributed by atoms with Crippen LogP contribution in [0.2, 0.25) is 15.2 Å². The Bertz CT molecular complexity index is 518. The molecule has 0 saturated heterocycles. The van der Waals surface area contributed by atoms with Gasteiger partial charge in [0.2, 0.25) is 0 Å². The van der Waals surface area contributed by atoms with Gasteiger partial charge in [0, 0.05) is 5.71 Å². The number of nitrogens with zero attached hydrogens (tertiary/aromatic N) is 2. The van der Waals surface area contributed by atoms with E-state index >= 15 is 0 Å². The normalized spacial score (nSPS) is 11.5. The van der Waals surface area contributed by atoms with Crippen LogP contribution in [0.3, 0.4) is 0 Å². The van der Waals surface area contributed by atoms with Crippen molar-refractivity contribution in [3.05, 3.63) is 20.9 Å². The van der Waals surface area contributed by atoms with Gasteiger partial charge in [-0.25, -0.2) is 4.98 Å². The molecule has 0 amide bonds. The highest BCUT2D eigenvalue weighted by Crippen LogP contribution is 2.36. The molecule has 0 aliphatic rings. The van der Waals surface area contributed by atoms with E-state index in [0.717, 1.165) is 5.71 Å². The predicted octanol–water partition coefficient (Wildman–Crippen LogP) is 2.60. The number of hydrazone groups is 1. The van der Waals surface area contributed by atoms with Crippen molar-refractivity contribution < 1.29 is 9.90 Å². The molecule has 0 aliphatic carbocycles. The first kappa shape index (κ1) is 15.0. The molecule has 5 nitrogen and oxygen atoms in total. The monoisotopic (exact) mass is 308 g/mol. The smallest absolute Gasteiger partial charge is 0.150 e. The number of carbonyl (C=O) groups excluding carboxylic acids is 1. The summed E-state index contributed by atoms with van der Waals surface area (Å²) < 4.78 is 0. The molecule has 0 fully saturated rings. The van der Waals surface area contributed by atoms with Gasteiger partial charge in [-0.1, -0.05) is 41.7 Å². The van der Waals surface area contributed by atoms with Crippen molar-refractivity contribution in [2.75, 3.05) is 5.43 Å². The molecular weight excluding hydrogens is 300 g/mol. The van der Waals surface area contributed by atoms with E-state index in [4.69, 9.17) is 34.8 Å². The lowest BCUT2D eigenvalue weighted by molar-refractivity contribution is -0.255. The zero-order chi connectivity index (χ0) is 13.9. The topological polar surface area (TPSA) is 77.4 Å². The van der Waals surface area contributed by atoms with E-state index in [0.29, 0.717) is 6.42 Å². The lowest BCUT2D eigenvalue weighted by atomic mass is 10.3. The molecule has 1 N–H and O–H groups in total. The van der Waals surface area contributed by atoms with E-state index in [9.17, 15) is 9.90 Å². The molecule has 0 aromatic carbocycles. The highest BCUT2D eigenvalue weighted by atomic mass is 35.5. The van der Waals surface area contributed by atoms with Gasteiger partial charge in [0.25, 0.3) is 0 Å². The second-order valence-corrected chi connectivity index (χ2v) is 4.47. The van der Waals surface area contributed by atoms with Gasteiger partial charge in [-0.05, 0) is 13.3 Å². The first-order chi connectivity index (χ1) is 8.38. The summed E-state index contributed by atoms with van der Waals surface area (Å²) in [7, 11) is 0. The van der Waals surface area contributed by atoms with Gasteiger partial charge in [-0.3, -0.25) is 5.43 Å². The van der Waals surface area contributed by atoms with Crippen molar-refractivity contribution in [1.29, 1.82) is 0 Å². The van der Waals surface area contributed by atoms with Gasteiger partial charge in [0.05, 0.1) is 16.7 Å². The molecule has 98 valence electrons. The summed E-state index contributed by atoms with van der Waals surface area (Å²) in [4.78, 5) is 14.3. The summed E-state index contributed by atoms with van der Waals surface area (Å²) in [5.74, 6) is -1.54. The lowest BCUT2D eigenvalue weighted by Crippen LogP contribution is -2.24. The van der Waals surface area contributed by atoms with Gasteiger partial charge >= 0.3 is 0 Å². The van der Waals surface area contributed by atoms with Crippen LogP contribution >= 0.6 is 34.8 Å². The number of aromatic nitrogens is 1. The van der Waals surface area contributed by atoms with Crippen molar-refractivity contribution in [1.82, 2.24) is 4.98 Å². The Morgan fingerprint density at radius 3 is 2.50 bits per heavy atom.